The summed E-state index contributed by atoms with van der Waals surface area (Å²) in [5, 5.41) is 13.5. The number of anilines is 1. The third kappa shape index (κ3) is 5.36. The first-order valence-electron chi connectivity index (χ1n) is 10.8. The van der Waals surface area contributed by atoms with E-state index in [1.807, 2.05) is 19.9 Å². The molecular weight excluding hydrogens is 452 g/mol. The van der Waals surface area contributed by atoms with Gasteiger partial charge in [-0.1, -0.05) is 11.6 Å². The molecule has 3 aromatic rings. The van der Waals surface area contributed by atoms with E-state index in [2.05, 4.69) is 10.7 Å². The van der Waals surface area contributed by atoms with E-state index in [-0.39, 0.29) is 11.4 Å². The minimum atomic E-state index is -0.780. The van der Waals surface area contributed by atoms with Crippen LogP contribution in [0.5, 0.6) is 17.2 Å². The molecule has 0 aliphatic heterocycles. The lowest BCUT2D eigenvalue weighted by atomic mass is 9.96. The van der Waals surface area contributed by atoms with Crippen molar-refractivity contribution in [1.82, 2.24) is 0 Å². The Morgan fingerprint density at radius 1 is 1.03 bits per heavy atom. The number of methoxy groups -OCH3 is 3. The van der Waals surface area contributed by atoms with Crippen LogP contribution in [0.4, 0.5) is 11.4 Å². The van der Waals surface area contributed by atoms with E-state index in [9.17, 15) is 14.9 Å². The van der Waals surface area contributed by atoms with Crippen LogP contribution >= 0.6 is 0 Å². The maximum Gasteiger partial charge on any atom is 0.338 e. The van der Waals surface area contributed by atoms with Gasteiger partial charge in [0.15, 0.2) is 0 Å². The first-order valence-corrected chi connectivity index (χ1v) is 10.8. The van der Waals surface area contributed by atoms with Gasteiger partial charge in [0.1, 0.15) is 29.0 Å². The highest BCUT2D eigenvalue weighted by Crippen LogP contribution is 2.48. The molecule has 0 radical (unpaired) electrons. The fraction of sp³-hybridized carbons (Fsp3) is 0.269. The molecule has 0 aliphatic carbocycles. The van der Waals surface area contributed by atoms with Gasteiger partial charge in [-0.25, -0.2) is 4.79 Å². The molecule has 35 heavy (non-hydrogen) atoms. The van der Waals surface area contributed by atoms with Crippen LogP contribution in [-0.2, 0) is 4.74 Å². The van der Waals surface area contributed by atoms with E-state index in [1.54, 1.807) is 37.4 Å². The summed E-state index contributed by atoms with van der Waals surface area (Å²) in [6.07, 6.45) is 1.50. The molecule has 3 aromatic carbocycles. The molecule has 0 heterocycles. The second-order valence-electron chi connectivity index (χ2n) is 7.93. The lowest BCUT2D eigenvalue weighted by molar-refractivity contribution is 0.0298. The van der Waals surface area contributed by atoms with Crippen LogP contribution in [0.15, 0.2) is 59.3 Å². The molecule has 0 saturated heterocycles. The Hall–Kier alpha value is -4.11. The van der Waals surface area contributed by atoms with Crippen LogP contribution < -0.4 is 19.7 Å². The predicted molar refractivity (Wildman–Crippen MR) is 133 cm³/mol. The largest absolute Gasteiger partial charge is 0.497 e. The zero-order chi connectivity index (χ0) is 25.5. The standard InChI is InChI=1S/C26H28N2O7/c1-15(2)6-13-21(35-26(29)16-7-9-17(32-3)10-8-16)18-14-22(33-4)23-19(27-30)11-12-20(28-31)24(23)25(18)34-5/h6-12,14,21,27,30H,13H2,1-5H3. The second kappa shape index (κ2) is 11.3. The van der Waals surface area contributed by atoms with Crippen molar-refractivity contribution >= 4 is 28.1 Å². The summed E-state index contributed by atoms with van der Waals surface area (Å²) in [6.45, 7) is 3.88. The van der Waals surface area contributed by atoms with Crippen molar-refractivity contribution < 1.29 is 28.9 Å². The van der Waals surface area contributed by atoms with Crippen LogP contribution in [0.2, 0.25) is 0 Å². The van der Waals surface area contributed by atoms with E-state index in [0.29, 0.717) is 45.5 Å². The average Bonchev–Trinajstić information content (AvgIpc) is 2.89. The number of fused-ring (bicyclic) bond motifs is 1. The SMILES string of the molecule is COc1ccc(C(=O)OC(CC=C(C)C)c2cc(OC)c3c(NO)ccc(N=O)c3c2OC)cc1. The molecule has 1 atom stereocenters. The molecule has 0 amide bonds. The number of esters is 1. The van der Waals surface area contributed by atoms with Crippen molar-refractivity contribution in [2.45, 2.75) is 26.4 Å². The van der Waals surface area contributed by atoms with E-state index in [1.165, 1.54) is 26.4 Å². The molecule has 0 spiro atoms. The Morgan fingerprint density at radius 2 is 1.74 bits per heavy atom. The van der Waals surface area contributed by atoms with Gasteiger partial charge < -0.3 is 18.9 Å². The molecule has 0 saturated carbocycles. The molecule has 0 fully saturated rings. The zero-order valence-electron chi connectivity index (χ0n) is 20.2. The van der Waals surface area contributed by atoms with Crippen LogP contribution in [0.3, 0.4) is 0 Å². The number of carbonyl (C=O) groups is 1. The molecule has 3 rings (SSSR count). The highest BCUT2D eigenvalue weighted by atomic mass is 16.5. The highest BCUT2D eigenvalue weighted by Gasteiger charge is 2.27. The third-order valence-electron chi connectivity index (χ3n) is 5.51. The summed E-state index contributed by atoms with van der Waals surface area (Å²) < 4.78 is 22.4. The number of nitrogens with zero attached hydrogens (tertiary/aromatic N) is 1. The maximum atomic E-state index is 13.0. The molecular formula is C26H28N2O7. The van der Waals surface area contributed by atoms with E-state index in [0.717, 1.165) is 5.57 Å². The van der Waals surface area contributed by atoms with Crippen LogP contribution in [0.1, 0.15) is 42.3 Å². The highest BCUT2D eigenvalue weighted by molar-refractivity contribution is 6.08. The van der Waals surface area contributed by atoms with Crippen molar-refractivity contribution in [3.63, 3.8) is 0 Å². The predicted octanol–water partition coefficient (Wildman–Crippen LogP) is 6.32. The molecule has 9 heteroatoms. The molecule has 1 unspecified atom stereocenters. The monoisotopic (exact) mass is 480 g/mol. The second-order valence-corrected chi connectivity index (χ2v) is 7.93. The van der Waals surface area contributed by atoms with E-state index >= 15 is 0 Å². The molecule has 0 aromatic heterocycles. The Balaban J connectivity index is 2.21. The van der Waals surface area contributed by atoms with Crippen molar-refractivity contribution in [3.05, 3.63) is 70.1 Å². The van der Waals surface area contributed by atoms with Gasteiger partial charge in [0.2, 0.25) is 0 Å². The van der Waals surface area contributed by atoms with Crippen molar-refractivity contribution in [3.8, 4) is 17.2 Å². The zero-order valence-corrected chi connectivity index (χ0v) is 20.2. The average molecular weight is 481 g/mol. The number of hydrogen-bond acceptors (Lipinski definition) is 9. The molecule has 0 bridgehead atoms. The fourth-order valence-corrected chi connectivity index (χ4v) is 3.80. The van der Waals surface area contributed by atoms with E-state index < -0.39 is 12.1 Å². The van der Waals surface area contributed by atoms with Gasteiger partial charge in [-0.3, -0.25) is 10.7 Å². The smallest absolute Gasteiger partial charge is 0.338 e. The van der Waals surface area contributed by atoms with Crippen LogP contribution in [-0.4, -0.2) is 32.5 Å². The van der Waals surface area contributed by atoms with Gasteiger partial charge in [-0.05, 0) is 61.5 Å². The van der Waals surface area contributed by atoms with Gasteiger partial charge >= 0.3 is 5.97 Å². The first-order chi connectivity index (χ1) is 16.9. The number of carbonyl (C=O) groups excluding carboxylic acids is 1. The minimum Gasteiger partial charge on any atom is -0.497 e. The third-order valence-corrected chi connectivity index (χ3v) is 5.51. The summed E-state index contributed by atoms with van der Waals surface area (Å²) in [7, 11) is 4.45. The lowest BCUT2D eigenvalue weighted by Crippen LogP contribution is -2.13. The maximum absolute atomic E-state index is 13.0. The summed E-state index contributed by atoms with van der Waals surface area (Å²) >= 11 is 0. The van der Waals surface area contributed by atoms with Crippen molar-refractivity contribution in [1.29, 1.82) is 0 Å². The number of hydrogen-bond donors (Lipinski definition) is 2. The van der Waals surface area contributed by atoms with Gasteiger partial charge in [0.05, 0.1) is 43.4 Å². The summed E-state index contributed by atoms with van der Waals surface area (Å²) in [5.41, 5.74) is 4.36. The number of nitrogens with one attached hydrogen (secondary N) is 1. The van der Waals surface area contributed by atoms with E-state index in [4.69, 9.17) is 18.9 Å². The molecule has 0 aliphatic rings. The van der Waals surface area contributed by atoms with Gasteiger partial charge in [0, 0.05) is 12.0 Å². The quantitative estimate of drug-likeness (QED) is 0.150. The molecule has 9 nitrogen and oxygen atoms in total. The van der Waals surface area contributed by atoms with Crippen LogP contribution in [0.25, 0.3) is 10.8 Å². The normalized spacial score (nSPS) is 11.4. The number of benzene rings is 3. The Bertz CT molecular complexity index is 1250. The van der Waals surface area contributed by atoms with Gasteiger partial charge in [-0.2, -0.15) is 0 Å². The summed E-state index contributed by atoms with van der Waals surface area (Å²) in [6, 6.07) is 11.2. The Kier molecular flexibility index (Phi) is 8.27. The van der Waals surface area contributed by atoms with Crippen molar-refractivity contribution in [2.24, 2.45) is 5.18 Å². The van der Waals surface area contributed by atoms with Gasteiger partial charge in [0.25, 0.3) is 0 Å². The lowest BCUT2D eigenvalue weighted by Gasteiger charge is -2.23. The Morgan fingerprint density at radius 3 is 2.29 bits per heavy atom. The number of allylic oxidation sites excluding steroid dienone is 1. The fourth-order valence-electron chi connectivity index (χ4n) is 3.80. The summed E-state index contributed by atoms with van der Waals surface area (Å²) in [5.74, 6) is 0.689. The summed E-state index contributed by atoms with van der Waals surface area (Å²) in [4.78, 5) is 24.7. The molecule has 2 N–H and O–H groups in total. The number of rotatable bonds is 10. The number of ether oxygens (including phenoxy) is 4. The van der Waals surface area contributed by atoms with Crippen LogP contribution in [0, 0.1) is 4.91 Å². The first kappa shape index (κ1) is 25.5. The topological polar surface area (TPSA) is 116 Å². The minimum absolute atomic E-state index is 0.0819. The number of nitroso groups, excluding NO2 is 1. The Labute approximate surface area is 203 Å². The molecule has 184 valence electrons. The van der Waals surface area contributed by atoms with Crippen molar-refractivity contribution in [2.75, 3.05) is 26.8 Å². The van der Waals surface area contributed by atoms with Gasteiger partial charge in [-0.15, -0.1) is 4.91 Å².